The largest absolute Gasteiger partial charge is 0.411 e. The Morgan fingerprint density at radius 2 is 2.12 bits per heavy atom. The van der Waals surface area contributed by atoms with Crippen LogP contribution in [0.2, 0.25) is 0 Å². The Morgan fingerprint density at radius 3 is 2.88 bits per heavy atom. The smallest absolute Gasteiger partial charge is 0.225 e. The molecule has 0 unspecified atom stereocenters. The van der Waals surface area contributed by atoms with Crippen molar-refractivity contribution < 1.29 is 18.8 Å². The summed E-state index contributed by atoms with van der Waals surface area (Å²) in [4.78, 5) is 16.5. The summed E-state index contributed by atoms with van der Waals surface area (Å²) in [5.41, 5.74) is 2.64. The van der Waals surface area contributed by atoms with Crippen LogP contribution in [0.1, 0.15) is 62.5 Å². The molecule has 33 heavy (non-hydrogen) atoms. The molecule has 2 aromatic rings. The maximum atomic E-state index is 14.5. The summed E-state index contributed by atoms with van der Waals surface area (Å²) in [6.45, 7) is 2.20. The van der Waals surface area contributed by atoms with Crippen LogP contribution in [0.5, 0.6) is 0 Å². The van der Waals surface area contributed by atoms with E-state index in [4.69, 9.17) is 0 Å². The standard InChI is InChI=1S/C26H29F2N3O2/c1-26-12-11-18-17-3-2-4-21(28)19(17)7-8-20(18)25(26)15(13-22(26)31-33)5-10-24(32)30-23-9-6-16(27)14-29-23/h2-4,6,9,14-15,18,20,25,33H,5,7-8,10-13H2,1H3,(H,29,30,32)/b31-22+/t15-,18-,20-,25+,26-/m1/s1. The molecule has 1 heterocycles. The summed E-state index contributed by atoms with van der Waals surface area (Å²) in [5, 5.41) is 16.2. The lowest BCUT2D eigenvalue weighted by atomic mass is 9.54. The molecule has 5 nitrogen and oxygen atoms in total. The molecule has 2 N–H and O–H groups in total. The van der Waals surface area contributed by atoms with Gasteiger partial charge in [0.1, 0.15) is 17.5 Å². The van der Waals surface area contributed by atoms with Gasteiger partial charge in [-0.1, -0.05) is 24.2 Å². The third-order valence-corrected chi connectivity index (χ3v) is 8.45. The van der Waals surface area contributed by atoms with Gasteiger partial charge in [0.15, 0.2) is 0 Å². The van der Waals surface area contributed by atoms with E-state index in [1.807, 2.05) is 6.07 Å². The van der Waals surface area contributed by atoms with Crippen LogP contribution in [0.3, 0.4) is 0 Å². The molecule has 0 spiro atoms. The van der Waals surface area contributed by atoms with Gasteiger partial charge in [-0.15, -0.1) is 0 Å². The fourth-order valence-electron chi connectivity index (χ4n) is 7.05. The molecule has 174 valence electrons. The molecule has 0 bridgehead atoms. The van der Waals surface area contributed by atoms with Gasteiger partial charge >= 0.3 is 0 Å². The highest BCUT2D eigenvalue weighted by molar-refractivity contribution is 5.93. The Labute approximate surface area is 192 Å². The summed E-state index contributed by atoms with van der Waals surface area (Å²) in [6, 6.07) is 8.15. The van der Waals surface area contributed by atoms with E-state index in [-0.39, 0.29) is 29.0 Å². The minimum atomic E-state index is -0.449. The average molecular weight is 454 g/mol. The molecule has 3 aliphatic carbocycles. The first-order valence-corrected chi connectivity index (χ1v) is 11.8. The first-order chi connectivity index (χ1) is 15.9. The van der Waals surface area contributed by atoms with Gasteiger partial charge in [-0.3, -0.25) is 4.79 Å². The van der Waals surface area contributed by atoms with E-state index in [0.717, 1.165) is 48.7 Å². The fraction of sp³-hybridized carbons (Fsp3) is 0.500. The number of aromatic nitrogens is 1. The van der Waals surface area contributed by atoms with E-state index in [0.29, 0.717) is 36.9 Å². The summed E-state index contributed by atoms with van der Waals surface area (Å²) in [5.74, 6) is 0.809. The Bertz CT molecular complexity index is 1090. The number of anilines is 1. The van der Waals surface area contributed by atoms with Gasteiger partial charge < -0.3 is 10.5 Å². The van der Waals surface area contributed by atoms with Gasteiger partial charge in [-0.05, 0) is 91.5 Å². The number of amides is 1. The van der Waals surface area contributed by atoms with Crippen LogP contribution in [-0.4, -0.2) is 21.8 Å². The Hall–Kier alpha value is -2.83. The quantitative estimate of drug-likeness (QED) is 0.461. The number of carbonyl (C=O) groups is 1. The van der Waals surface area contributed by atoms with Crippen LogP contribution < -0.4 is 5.32 Å². The molecule has 1 aromatic heterocycles. The van der Waals surface area contributed by atoms with Crippen LogP contribution in [0.15, 0.2) is 41.7 Å². The predicted molar refractivity (Wildman–Crippen MR) is 121 cm³/mol. The number of hydrogen-bond acceptors (Lipinski definition) is 4. The Balaban J connectivity index is 1.35. The maximum absolute atomic E-state index is 14.5. The van der Waals surface area contributed by atoms with E-state index in [1.54, 1.807) is 6.07 Å². The van der Waals surface area contributed by atoms with Crippen molar-refractivity contribution in [2.75, 3.05) is 5.32 Å². The third kappa shape index (κ3) is 3.81. The van der Waals surface area contributed by atoms with Crippen LogP contribution in [-0.2, 0) is 11.2 Å². The van der Waals surface area contributed by atoms with Crippen LogP contribution in [0.25, 0.3) is 0 Å². The lowest BCUT2D eigenvalue weighted by Gasteiger charge is -2.50. The number of carbonyl (C=O) groups excluding carboxylic acids is 1. The van der Waals surface area contributed by atoms with Crippen molar-refractivity contribution in [2.45, 2.75) is 57.8 Å². The first kappa shape index (κ1) is 22.0. The third-order valence-electron chi connectivity index (χ3n) is 8.45. The molecule has 0 saturated heterocycles. The SMILES string of the molecule is C[C@]12CC[C@@H]3c4cccc(F)c4CC[C@H]3[C@@H]1[C@H](CCC(=O)Nc1ccc(F)cn1)C/C2=N\O. The molecule has 0 radical (unpaired) electrons. The minimum absolute atomic E-state index is 0.106. The second-order valence-corrected chi connectivity index (χ2v) is 10.1. The van der Waals surface area contributed by atoms with Gasteiger partial charge in [0.25, 0.3) is 0 Å². The molecular weight excluding hydrogens is 424 g/mol. The number of hydrogen-bond donors (Lipinski definition) is 2. The van der Waals surface area contributed by atoms with Crippen LogP contribution in [0.4, 0.5) is 14.6 Å². The van der Waals surface area contributed by atoms with Crippen LogP contribution >= 0.6 is 0 Å². The van der Waals surface area contributed by atoms with Crippen LogP contribution in [0, 0.1) is 34.8 Å². The van der Waals surface area contributed by atoms with E-state index < -0.39 is 5.82 Å². The predicted octanol–water partition coefficient (Wildman–Crippen LogP) is 5.69. The van der Waals surface area contributed by atoms with Crippen molar-refractivity contribution in [3.8, 4) is 0 Å². The molecule has 1 amide bonds. The summed E-state index contributed by atoms with van der Waals surface area (Å²) in [6.07, 6.45) is 6.24. The maximum Gasteiger partial charge on any atom is 0.225 e. The Morgan fingerprint density at radius 1 is 1.27 bits per heavy atom. The van der Waals surface area contributed by atoms with E-state index in [9.17, 15) is 18.8 Å². The zero-order chi connectivity index (χ0) is 23.2. The lowest BCUT2D eigenvalue weighted by Crippen LogP contribution is -2.44. The summed E-state index contributed by atoms with van der Waals surface area (Å²) in [7, 11) is 0. The number of nitrogens with zero attached hydrogens (tertiary/aromatic N) is 2. The molecule has 7 heteroatoms. The zero-order valence-corrected chi connectivity index (χ0v) is 18.7. The first-order valence-electron chi connectivity index (χ1n) is 11.8. The molecule has 5 atom stereocenters. The second-order valence-electron chi connectivity index (χ2n) is 10.1. The molecule has 2 fully saturated rings. The normalized spacial score (nSPS) is 31.5. The molecule has 5 rings (SSSR count). The van der Waals surface area contributed by atoms with Crippen molar-refractivity contribution in [2.24, 2.45) is 28.3 Å². The zero-order valence-electron chi connectivity index (χ0n) is 18.7. The second kappa shape index (κ2) is 8.50. The van der Waals surface area contributed by atoms with E-state index >= 15 is 0 Å². The monoisotopic (exact) mass is 453 g/mol. The van der Waals surface area contributed by atoms with E-state index in [1.165, 1.54) is 12.1 Å². The number of oxime groups is 1. The van der Waals surface area contributed by atoms with Crippen molar-refractivity contribution >= 4 is 17.4 Å². The minimum Gasteiger partial charge on any atom is -0.411 e. The highest BCUT2D eigenvalue weighted by Gasteiger charge is 2.57. The van der Waals surface area contributed by atoms with Gasteiger partial charge in [-0.25, -0.2) is 13.8 Å². The molecule has 3 aliphatic rings. The highest BCUT2D eigenvalue weighted by Crippen LogP contribution is 2.62. The number of rotatable bonds is 4. The summed E-state index contributed by atoms with van der Waals surface area (Å²) >= 11 is 0. The number of pyridine rings is 1. The van der Waals surface area contributed by atoms with Gasteiger partial charge in [0.05, 0.1) is 11.9 Å². The van der Waals surface area contributed by atoms with Gasteiger partial charge in [-0.2, -0.15) is 0 Å². The number of fused-ring (bicyclic) bond motifs is 5. The van der Waals surface area contributed by atoms with Crippen molar-refractivity contribution in [3.63, 3.8) is 0 Å². The Kier molecular flexibility index (Phi) is 5.67. The van der Waals surface area contributed by atoms with Crippen molar-refractivity contribution in [1.29, 1.82) is 0 Å². The van der Waals surface area contributed by atoms with Crippen molar-refractivity contribution in [1.82, 2.24) is 4.98 Å². The molecule has 0 aliphatic heterocycles. The molecule has 1 aromatic carbocycles. The van der Waals surface area contributed by atoms with E-state index in [2.05, 4.69) is 28.4 Å². The topological polar surface area (TPSA) is 74.6 Å². The van der Waals surface area contributed by atoms with Gasteiger partial charge in [0, 0.05) is 11.8 Å². The lowest BCUT2D eigenvalue weighted by molar-refractivity contribution is -0.116. The number of benzene rings is 1. The highest BCUT2D eigenvalue weighted by atomic mass is 19.1. The molecular formula is C26H29F2N3O2. The van der Waals surface area contributed by atoms with Gasteiger partial charge in [0.2, 0.25) is 5.91 Å². The fourth-order valence-corrected chi connectivity index (χ4v) is 7.05. The number of halogens is 2. The number of nitrogens with one attached hydrogen (secondary N) is 1. The molecule has 2 saturated carbocycles. The van der Waals surface area contributed by atoms with Crippen molar-refractivity contribution in [3.05, 3.63) is 59.3 Å². The average Bonchev–Trinajstić information content (AvgIpc) is 3.11. The summed E-state index contributed by atoms with van der Waals surface area (Å²) < 4.78 is 27.5.